The van der Waals surface area contributed by atoms with Crippen LogP contribution in [0.3, 0.4) is 0 Å². The molecule has 0 radical (unpaired) electrons. The molecule has 0 saturated carbocycles. The summed E-state index contributed by atoms with van der Waals surface area (Å²) in [6, 6.07) is 13.2. The summed E-state index contributed by atoms with van der Waals surface area (Å²) in [5.74, 6) is 1.29. The number of para-hydroxylation sites is 1. The Kier molecular flexibility index (Phi) is 4.08. The summed E-state index contributed by atoms with van der Waals surface area (Å²) in [5.41, 5.74) is 2.11. The van der Waals surface area contributed by atoms with Gasteiger partial charge in [-0.3, -0.25) is 14.9 Å². The van der Waals surface area contributed by atoms with Gasteiger partial charge in [-0.15, -0.1) is 0 Å². The van der Waals surface area contributed by atoms with Gasteiger partial charge >= 0.3 is 0 Å². The molecule has 0 spiro atoms. The average Bonchev–Trinajstić information content (AvgIpc) is 3.00. The summed E-state index contributed by atoms with van der Waals surface area (Å²) in [6.45, 7) is 4.91. The minimum absolute atomic E-state index is 0.132. The number of ether oxygens (including phenoxy) is 2. The van der Waals surface area contributed by atoms with Crippen molar-refractivity contribution in [2.75, 3.05) is 13.2 Å². The Morgan fingerprint density at radius 1 is 1.00 bits per heavy atom. The van der Waals surface area contributed by atoms with E-state index in [0.29, 0.717) is 30.1 Å². The molecule has 6 heteroatoms. The van der Waals surface area contributed by atoms with Gasteiger partial charge in [0.2, 0.25) is 0 Å². The van der Waals surface area contributed by atoms with Crippen LogP contribution >= 0.6 is 0 Å². The van der Waals surface area contributed by atoms with Crippen molar-refractivity contribution in [1.82, 2.24) is 14.8 Å². The molecule has 0 saturated heterocycles. The zero-order valence-corrected chi connectivity index (χ0v) is 14.7. The van der Waals surface area contributed by atoms with Crippen molar-refractivity contribution in [3.8, 4) is 17.2 Å². The molecule has 0 aliphatic carbocycles. The number of hydrogen-bond donors (Lipinski definition) is 1. The molecule has 2 aromatic heterocycles. The van der Waals surface area contributed by atoms with E-state index in [2.05, 4.69) is 10.1 Å². The normalized spacial score (nSPS) is 11.2. The lowest BCUT2D eigenvalue weighted by Crippen LogP contribution is -2.13. The van der Waals surface area contributed by atoms with E-state index in [4.69, 9.17) is 9.47 Å². The van der Waals surface area contributed by atoms with Crippen molar-refractivity contribution < 1.29 is 9.47 Å². The molecule has 1 N–H and O–H groups in total. The lowest BCUT2D eigenvalue weighted by molar-refractivity contribution is 0.288. The van der Waals surface area contributed by atoms with Gasteiger partial charge in [0.15, 0.2) is 11.5 Å². The van der Waals surface area contributed by atoms with Crippen LogP contribution in [-0.2, 0) is 0 Å². The van der Waals surface area contributed by atoms with E-state index in [0.717, 1.165) is 22.1 Å². The molecule has 0 aliphatic rings. The standard InChI is InChI=1S/C20H19N3O3/c1-3-25-17-10-14-16(11-18(17)26-4-2)21-12-15-19(14)22-23(20(15)24)13-8-6-5-7-9-13/h5-12,22H,3-4H2,1-2H3. The molecule has 0 unspecified atom stereocenters. The number of nitrogens with zero attached hydrogens (tertiary/aromatic N) is 2. The Morgan fingerprint density at radius 3 is 2.38 bits per heavy atom. The Bertz CT molecular complexity index is 1130. The molecule has 0 bridgehead atoms. The van der Waals surface area contributed by atoms with Crippen LogP contribution in [0.25, 0.3) is 27.5 Å². The Morgan fingerprint density at radius 2 is 1.69 bits per heavy atom. The number of H-pyrrole nitrogens is 1. The van der Waals surface area contributed by atoms with Crippen LogP contribution in [0.4, 0.5) is 0 Å². The summed E-state index contributed by atoms with van der Waals surface area (Å²) >= 11 is 0. The average molecular weight is 349 g/mol. The maximum Gasteiger partial charge on any atom is 0.280 e. The third-order valence-electron chi connectivity index (χ3n) is 4.20. The van der Waals surface area contributed by atoms with E-state index in [9.17, 15) is 4.79 Å². The van der Waals surface area contributed by atoms with Gasteiger partial charge in [0, 0.05) is 17.6 Å². The largest absolute Gasteiger partial charge is 0.490 e. The van der Waals surface area contributed by atoms with E-state index in [1.54, 1.807) is 6.20 Å². The zero-order chi connectivity index (χ0) is 18.1. The van der Waals surface area contributed by atoms with Gasteiger partial charge in [-0.25, -0.2) is 4.68 Å². The third-order valence-corrected chi connectivity index (χ3v) is 4.20. The number of hydrogen-bond acceptors (Lipinski definition) is 4. The fourth-order valence-corrected chi connectivity index (χ4v) is 3.06. The lowest BCUT2D eigenvalue weighted by Gasteiger charge is -2.12. The molecule has 132 valence electrons. The van der Waals surface area contributed by atoms with Crippen LogP contribution in [0.15, 0.2) is 53.5 Å². The van der Waals surface area contributed by atoms with Gasteiger partial charge in [-0.1, -0.05) is 18.2 Å². The highest BCUT2D eigenvalue weighted by Gasteiger charge is 2.15. The van der Waals surface area contributed by atoms with Crippen LogP contribution in [0, 0.1) is 0 Å². The number of aromatic nitrogens is 3. The predicted octanol–water partition coefficient (Wildman–Crippen LogP) is 3.66. The van der Waals surface area contributed by atoms with Gasteiger partial charge in [0.25, 0.3) is 5.56 Å². The fraction of sp³-hybridized carbons (Fsp3) is 0.200. The Balaban J connectivity index is 1.99. The summed E-state index contributed by atoms with van der Waals surface area (Å²) in [4.78, 5) is 17.2. The second-order valence-electron chi connectivity index (χ2n) is 5.82. The van der Waals surface area contributed by atoms with Crippen LogP contribution in [0.1, 0.15) is 13.8 Å². The minimum Gasteiger partial charge on any atom is -0.490 e. The number of nitrogens with one attached hydrogen (secondary N) is 1. The van der Waals surface area contributed by atoms with E-state index in [-0.39, 0.29) is 5.56 Å². The molecule has 6 nitrogen and oxygen atoms in total. The first-order valence-electron chi connectivity index (χ1n) is 8.61. The molecule has 4 aromatic rings. The molecule has 2 aromatic carbocycles. The highest BCUT2D eigenvalue weighted by Crippen LogP contribution is 2.34. The van der Waals surface area contributed by atoms with Gasteiger partial charge < -0.3 is 9.47 Å². The van der Waals surface area contributed by atoms with Crippen molar-refractivity contribution >= 4 is 21.8 Å². The molecule has 0 atom stereocenters. The van der Waals surface area contributed by atoms with E-state index >= 15 is 0 Å². The highest BCUT2D eigenvalue weighted by molar-refractivity contribution is 6.04. The molecule has 2 heterocycles. The van der Waals surface area contributed by atoms with Crippen LogP contribution in [-0.4, -0.2) is 28.0 Å². The Labute approximate surface area is 150 Å². The van der Waals surface area contributed by atoms with E-state index in [1.807, 2.05) is 56.3 Å². The lowest BCUT2D eigenvalue weighted by atomic mass is 10.1. The van der Waals surface area contributed by atoms with Gasteiger partial charge in [0.05, 0.1) is 35.3 Å². The monoisotopic (exact) mass is 349 g/mol. The first kappa shape index (κ1) is 16.2. The Hall–Kier alpha value is -3.28. The van der Waals surface area contributed by atoms with Crippen LogP contribution in [0.5, 0.6) is 11.5 Å². The maximum absolute atomic E-state index is 12.8. The first-order valence-corrected chi connectivity index (χ1v) is 8.61. The first-order chi connectivity index (χ1) is 12.7. The third kappa shape index (κ3) is 2.60. The zero-order valence-electron chi connectivity index (χ0n) is 14.7. The summed E-state index contributed by atoms with van der Waals surface area (Å²) in [7, 11) is 0. The summed E-state index contributed by atoms with van der Waals surface area (Å²) in [5, 5.41) is 4.57. The number of benzene rings is 2. The van der Waals surface area contributed by atoms with E-state index < -0.39 is 0 Å². The summed E-state index contributed by atoms with van der Waals surface area (Å²) in [6.07, 6.45) is 1.60. The maximum atomic E-state index is 12.8. The van der Waals surface area contributed by atoms with Gasteiger partial charge in [-0.2, -0.15) is 0 Å². The molecular weight excluding hydrogens is 330 g/mol. The van der Waals surface area contributed by atoms with Crippen molar-refractivity contribution in [3.05, 3.63) is 59.0 Å². The van der Waals surface area contributed by atoms with Crippen LogP contribution < -0.4 is 15.0 Å². The quantitative estimate of drug-likeness (QED) is 0.597. The van der Waals surface area contributed by atoms with Crippen molar-refractivity contribution in [3.63, 3.8) is 0 Å². The van der Waals surface area contributed by atoms with Crippen molar-refractivity contribution in [2.24, 2.45) is 0 Å². The molecule has 0 amide bonds. The summed E-state index contributed by atoms with van der Waals surface area (Å²) < 4.78 is 12.9. The number of aromatic amines is 1. The molecule has 0 aliphatic heterocycles. The molecular formula is C20H19N3O3. The second-order valence-corrected chi connectivity index (χ2v) is 5.82. The van der Waals surface area contributed by atoms with Gasteiger partial charge in [0.1, 0.15) is 0 Å². The SMILES string of the molecule is CCOc1cc2ncc3c(=O)n(-c4ccccc4)[nH]c3c2cc1OCC. The number of rotatable bonds is 5. The van der Waals surface area contributed by atoms with Crippen LogP contribution in [0.2, 0.25) is 0 Å². The second kappa shape index (κ2) is 6.55. The number of pyridine rings is 1. The fourth-order valence-electron chi connectivity index (χ4n) is 3.06. The van der Waals surface area contributed by atoms with Crippen molar-refractivity contribution in [1.29, 1.82) is 0 Å². The number of fused-ring (bicyclic) bond motifs is 3. The topological polar surface area (TPSA) is 69.1 Å². The van der Waals surface area contributed by atoms with E-state index in [1.165, 1.54) is 4.68 Å². The smallest absolute Gasteiger partial charge is 0.280 e. The van der Waals surface area contributed by atoms with Crippen molar-refractivity contribution in [2.45, 2.75) is 13.8 Å². The minimum atomic E-state index is -0.132. The highest BCUT2D eigenvalue weighted by atomic mass is 16.5. The molecule has 26 heavy (non-hydrogen) atoms. The predicted molar refractivity (Wildman–Crippen MR) is 102 cm³/mol. The molecule has 0 fully saturated rings. The molecule has 4 rings (SSSR count). The van der Waals surface area contributed by atoms with Gasteiger partial charge in [-0.05, 0) is 32.0 Å².